The summed E-state index contributed by atoms with van der Waals surface area (Å²) in [6.45, 7) is 7.53. The van der Waals surface area contributed by atoms with E-state index in [-0.39, 0.29) is 24.0 Å². The number of guanidine groups is 1. The van der Waals surface area contributed by atoms with Crippen LogP contribution in [-0.4, -0.2) is 52.2 Å². The van der Waals surface area contributed by atoms with Crippen molar-refractivity contribution in [2.24, 2.45) is 4.99 Å². The van der Waals surface area contributed by atoms with Gasteiger partial charge in [-0.05, 0) is 62.5 Å². The summed E-state index contributed by atoms with van der Waals surface area (Å²) in [5.74, 6) is 0.737. The summed E-state index contributed by atoms with van der Waals surface area (Å²) in [6.07, 6.45) is 3.74. The number of rotatable bonds is 7. The molecule has 6 nitrogen and oxygen atoms in total. The molecular formula is C24H35IN4O2S. The first kappa shape index (κ1) is 26.6. The zero-order valence-corrected chi connectivity index (χ0v) is 22.5. The van der Waals surface area contributed by atoms with E-state index >= 15 is 0 Å². The van der Waals surface area contributed by atoms with Crippen molar-refractivity contribution < 1.29 is 8.42 Å². The van der Waals surface area contributed by atoms with Crippen molar-refractivity contribution in [2.45, 2.75) is 44.2 Å². The van der Waals surface area contributed by atoms with E-state index in [0.717, 1.165) is 36.7 Å². The van der Waals surface area contributed by atoms with Crippen molar-refractivity contribution in [3.8, 4) is 0 Å². The number of aliphatic imine (C=N–C) groups is 1. The maximum absolute atomic E-state index is 11.8. The maximum atomic E-state index is 11.8. The second-order valence-corrected chi connectivity index (χ2v) is 10.3. The molecule has 0 saturated carbocycles. The highest BCUT2D eigenvalue weighted by Crippen LogP contribution is 2.25. The third kappa shape index (κ3) is 7.18. The molecule has 1 saturated heterocycles. The van der Waals surface area contributed by atoms with Crippen molar-refractivity contribution in [3.05, 3.63) is 64.7 Å². The summed E-state index contributed by atoms with van der Waals surface area (Å²) in [5, 5.41) is 6.83. The Morgan fingerprint density at radius 1 is 1.06 bits per heavy atom. The molecule has 1 aliphatic heterocycles. The highest BCUT2D eigenvalue weighted by Gasteiger charge is 2.23. The molecule has 1 fully saturated rings. The van der Waals surface area contributed by atoms with E-state index in [2.05, 4.69) is 51.7 Å². The summed E-state index contributed by atoms with van der Waals surface area (Å²) < 4.78 is 23.6. The van der Waals surface area contributed by atoms with Crippen LogP contribution in [0.4, 0.5) is 0 Å². The Balaban J connectivity index is 0.00000363. The number of hydrogen-bond donors (Lipinski definition) is 2. The first-order chi connectivity index (χ1) is 14.8. The molecule has 3 rings (SSSR count). The van der Waals surface area contributed by atoms with Gasteiger partial charge in [0.25, 0.3) is 0 Å². The fourth-order valence-corrected chi connectivity index (χ4v) is 5.10. The maximum Gasteiger partial charge on any atom is 0.191 e. The van der Waals surface area contributed by atoms with Crippen LogP contribution in [0.1, 0.15) is 41.1 Å². The molecule has 8 heteroatoms. The van der Waals surface area contributed by atoms with Gasteiger partial charge in [0.15, 0.2) is 15.8 Å². The molecule has 32 heavy (non-hydrogen) atoms. The van der Waals surface area contributed by atoms with Crippen LogP contribution < -0.4 is 10.6 Å². The van der Waals surface area contributed by atoms with Gasteiger partial charge in [0.2, 0.25) is 0 Å². The molecule has 0 spiro atoms. The third-order valence-corrected chi connectivity index (χ3v) is 7.09. The molecule has 1 aliphatic rings. The number of nitrogens with one attached hydrogen (secondary N) is 2. The second kappa shape index (κ2) is 12.0. The van der Waals surface area contributed by atoms with E-state index in [1.807, 2.05) is 19.1 Å². The molecule has 0 radical (unpaired) electrons. The van der Waals surface area contributed by atoms with Gasteiger partial charge in [-0.15, -0.1) is 24.0 Å². The number of nitrogens with zero attached hydrogens (tertiary/aromatic N) is 2. The molecule has 0 amide bonds. The van der Waals surface area contributed by atoms with E-state index in [4.69, 9.17) is 0 Å². The Morgan fingerprint density at radius 2 is 1.72 bits per heavy atom. The summed E-state index contributed by atoms with van der Waals surface area (Å²) in [6, 6.07) is 14.5. The Morgan fingerprint density at radius 3 is 2.28 bits per heavy atom. The molecule has 0 bridgehead atoms. The lowest BCUT2D eigenvalue weighted by atomic mass is 10.0. The van der Waals surface area contributed by atoms with E-state index in [0.29, 0.717) is 17.5 Å². The molecule has 2 N–H and O–H groups in total. The van der Waals surface area contributed by atoms with Gasteiger partial charge in [-0.25, -0.2) is 8.42 Å². The molecule has 0 aliphatic carbocycles. The van der Waals surface area contributed by atoms with Crippen molar-refractivity contribution in [1.29, 1.82) is 0 Å². The predicted octanol–water partition coefficient (Wildman–Crippen LogP) is 3.83. The summed E-state index contributed by atoms with van der Waals surface area (Å²) in [4.78, 5) is 7.29. The highest BCUT2D eigenvalue weighted by molar-refractivity contribution is 14.0. The van der Waals surface area contributed by atoms with Crippen LogP contribution in [0.2, 0.25) is 0 Å². The molecule has 2 aromatic rings. The minimum atomic E-state index is -3.20. The fourth-order valence-electron chi connectivity index (χ4n) is 4.14. The molecule has 176 valence electrons. The van der Waals surface area contributed by atoms with Crippen LogP contribution >= 0.6 is 24.0 Å². The number of hydrogen-bond acceptors (Lipinski definition) is 4. The van der Waals surface area contributed by atoms with E-state index < -0.39 is 9.84 Å². The Labute approximate surface area is 209 Å². The van der Waals surface area contributed by atoms with Crippen molar-refractivity contribution in [1.82, 2.24) is 15.5 Å². The minimum absolute atomic E-state index is 0. The lowest BCUT2D eigenvalue weighted by Gasteiger charge is -2.29. The van der Waals surface area contributed by atoms with Gasteiger partial charge in [0.1, 0.15) is 0 Å². The molecular weight excluding hydrogens is 535 g/mol. The minimum Gasteiger partial charge on any atom is -0.354 e. The van der Waals surface area contributed by atoms with E-state index in [9.17, 15) is 8.42 Å². The molecule has 0 aromatic heterocycles. The zero-order valence-electron chi connectivity index (χ0n) is 19.4. The van der Waals surface area contributed by atoms with Gasteiger partial charge >= 0.3 is 0 Å². The number of sulfone groups is 1. The smallest absolute Gasteiger partial charge is 0.191 e. The summed E-state index contributed by atoms with van der Waals surface area (Å²) in [5.41, 5.74) is 4.37. The fraction of sp³-hybridized carbons (Fsp3) is 0.458. The Kier molecular flexibility index (Phi) is 9.97. The van der Waals surface area contributed by atoms with Crippen molar-refractivity contribution >= 4 is 39.8 Å². The van der Waals surface area contributed by atoms with Gasteiger partial charge in [0, 0.05) is 26.4 Å². The van der Waals surface area contributed by atoms with Crippen LogP contribution in [0.25, 0.3) is 0 Å². The summed E-state index contributed by atoms with van der Waals surface area (Å²) >= 11 is 0. The van der Waals surface area contributed by atoms with Gasteiger partial charge in [-0.2, -0.15) is 0 Å². The first-order valence-electron chi connectivity index (χ1n) is 10.8. The SMILES string of the molecule is CN=C(NCc1ccc(S(C)(=O)=O)c(C)c1)NCC(c1ccc(C)cc1)N1CCCC1.I. The molecule has 2 aromatic carbocycles. The van der Waals surface area contributed by atoms with Gasteiger partial charge < -0.3 is 10.6 Å². The number of likely N-dealkylation sites (tertiary alicyclic amines) is 1. The van der Waals surface area contributed by atoms with E-state index in [1.165, 1.54) is 30.2 Å². The second-order valence-electron chi connectivity index (χ2n) is 8.35. The van der Waals surface area contributed by atoms with Crippen LogP contribution in [-0.2, 0) is 16.4 Å². The predicted molar refractivity (Wildman–Crippen MR) is 143 cm³/mol. The molecule has 1 unspecified atom stereocenters. The lowest BCUT2D eigenvalue weighted by molar-refractivity contribution is 0.245. The van der Waals surface area contributed by atoms with Crippen molar-refractivity contribution in [3.63, 3.8) is 0 Å². The standard InChI is InChI=1S/C24H34N4O2S.HI/c1-18-7-10-21(11-8-18)22(28-13-5-6-14-28)17-27-24(25-3)26-16-20-9-12-23(19(2)15-20)31(4,29)30;/h7-12,15,22H,5-6,13-14,16-17H2,1-4H3,(H2,25,26,27);1H. The number of benzene rings is 2. The summed E-state index contributed by atoms with van der Waals surface area (Å²) in [7, 11) is -1.43. The van der Waals surface area contributed by atoms with Gasteiger partial charge in [-0.1, -0.05) is 42.0 Å². The van der Waals surface area contributed by atoms with E-state index in [1.54, 1.807) is 13.1 Å². The lowest BCUT2D eigenvalue weighted by Crippen LogP contribution is -2.42. The monoisotopic (exact) mass is 570 g/mol. The van der Waals surface area contributed by atoms with Crippen molar-refractivity contribution in [2.75, 3.05) is 32.9 Å². The highest BCUT2D eigenvalue weighted by atomic mass is 127. The van der Waals surface area contributed by atoms with Crippen LogP contribution in [0.5, 0.6) is 0 Å². The van der Waals surface area contributed by atoms with Gasteiger partial charge in [-0.3, -0.25) is 9.89 Å². The van der Waals surface area contributed by atoms with Crippen LogP contribution in [0.3, 0.4) is 0 Å². The topological polar surface area (TPSA) is 73.8 Å². The Bertz CT molecular complexity index is 1020. The largest absolute Gasteiger partial charge is 0.354 e. The third-order valence-electron chi connectivity index (χ3n) is 5.83. The van der Waals surface area contributed by atoms with Gasteiger partial charge in [0.05, 0.1) is 10.9 Å². The number of aryl methyl sites for hydroxylation is 2. The first-order valence-corrected chi connectivity index (χ1v) is 12.7. The Hall–Kier alpha value is -1.65. The molecule has 1 heterocycles. The van der Waals surface area contributed by atoms with Crippen LogP contribution in [0.15, 0.2) is 52.4 Å². The number of halogens is 1. The zero-order chi connectivity index (χ0) is 22.4. The molecule has 1 atom stereocenters. The average molecular weight is 571 g/mol. The van der Waals surface area contributed by atoms with Crippen LogP contribution in [0, 0.1) is 13.8 Å². The quantitative estimate of drug-likeness (QED) is 0.301. The normalized spacial score (nSPS) is 15.8. The average Bonchev–Trinajstić information content (AvgIpc) is 3.25.